The lowest BCUT2D eigenvalue weighted by molar-refractivity contribution is -0.122. The monoisotopic (exact) mass is 443 g/mol. The van der Waals surface area contributed by atoms with Crippen LogP contribution in [0.25, 0.3) is 11.3 Å². The lowest BCUT2D eigenvalue weighted by Crippen LogP contribution is -2.27. The van der Waals surface area contributed by atoms with Crippen LogP contribution in [0.1, 0.15) is 37.8 Å². The lowest BCUT2D eigenvalue weighted by Gasteiger charge is -2.22. The Morgan fingerprint density at radius 3 is 2.94 bits per heavy atom. The highest BCUT2D eigenvalue weighted by atomic mass is 35.5. The molecule has 4 heterocycles. The number of rotatable bonds is 7. The van der Waals surface area contributed by atoms with Crippen LogP contribution >= 0.6 is 11.6 Å². The lowest BCUT2D eigenvalue weighted by atomic mass is 9.95. The molecule has 2 aliphatic rings. The van der Waals surface area contributed by atoms with Gasteiger partial charge in [-0.3, -0.25) is 14.8 Å². The van der Waals surface area contributed by atoms with E-state index in [4.69, 9.17) is 21.3 Å². The molecular weight excluding hydrogens is 414 g/mol. The van der Waals surface area contributed by atoms with Gasteiger partial charge in [-0.2, -0.15) is 0 Å². The number of hydrogen-bond acceptors (Lipinski definition) is 7. The molecule has 2 aromatic heterocycles. The van der Waals surface area contributed by atoms with Gasteiger partial charge in [0.2, 0.25) is 0 Å². The van der Waals surface area contributed by atoms with Crippen molar-refractivity contribution in [3.63, 3.8) is 0 Å². The maximum Gasteiger partial charge on any atom is 0.145 e. The standard InChI is InChI=1S/C23H30ClN5O2/c24-20-13-27-18(10-22(30)17-3-1-2-6-25-12-17)9-19(20)21-14-26-15-23(29-21)28-11-16-4-7-31-8-5-16/h9,13-17,25H,1-8,10-12H2,(H,28,29). The third kappa shape index (κ3) is 6.21. The van der Waals surface area contributed by atoms with Crippen molar-refractivity contribution in [2.24, 2.45) is 11.8 Å². The van der Waals surface area contributed by atoms with E-state index < -0.39 is 0 Å². The minimum atomic E-state index is 0.0564. The summed E-state index contributed by atoms with van der Waals surface area (Å²) in [5, 5.41) is 7.25. The van der Waals surface area contributed by atoms with Crippen LogP contribution in [0.5, 0.6) is 0 Å². The number of anilines is 1. The van der Waals surface area contributed by atoms with Crippen LogP contribution in [0, 0.1) is 11.8 Å². The van der Waals surface area contributed by atoms with Crippen LogP contribution in [-0.4, -0.2) is 53.6 Å². The van der Waals surface area contributed by atoms with E-state index >= 15 is 0 Å². The predicted molar refractivity (Wildman–Crippen MR) is 121 cm³/mol. The molecule has 0 saturated carbocycles. The number of ketones is 1. The van der Waals surface area contributed by atoms with Crippen LogP contribution in [0.3, 0.4) is 0 Å². The summed E-state index contributed by atoms with van der Waals surface area (Å²) in [7, 11) is 0. The minimum absolute atomic E-state index is 0.0564. The van der Waals surface area contributed by atoms with E-state index in [0.717, 1.165) is 82.0 Å². The van der Waals surface area contributed by atoms with E-state index in [0.29, 0.717) is 23.1 Å². The second kappa shape index (κ2) is 11.0. The molecule has 1 unspecified atom stereocenters. The molecule has 2 aliphatic heterocycles. The number of nitrogens with zero attached hydrogens (tertiary/aromatic N) is 3. The second-order valence-electron chi connectivity index (χ2n) is 8.42. The molecule has 0 aromatic carbocycles. The Morgan fingerprint density at radius 2 is 2.06 bits per heavy atom. The number of hydrogen-bond donors (Lipinski definition) is 2. The normalized spacial score (nSPS) is 20.2. The highest BCUT2D eigenvalue weighted by molar-refractivity contribution is 6.33. The Hall–Kier alpha value is -2.09. The van der Waals surface area contributed by atoms with Gasteiger partial charge in [0, 0.05) is 56.1 Å². The Morgan fingerprint density at radius 1 is 1.19 bits per heavy atom. The zero-order valence-electron chi connectivity index (χ0n) is 17.8. The fourth-order valence-corrected chi connectivity index (χ4v) is 4.37. The smallest absolute Gasteiger partial charge is 0.145 e. The Bertz CT molecular complexity index is 880. The van der Waals surface area contributed by atoms with Gasteiger partial charge in [-0.15, -0.1) is 0 Å². The molecule has 0 bridgehead atoms. The molecule has 8 heteroatoms. The van der Waals surface area contributed by atoms with Crippen molar-refractivity contribution < 1.29 is 9.53 Å². The van der Waals surface area contributed by atoms with E-state index in [1.54, 1.807) is 18.6 Å². The molecule has 7 nitrogen and oxygen atoms in total. The summed E-state index contributed by atoms with van der Waals surface area (Å²) in [5.41, 5.74) is 2.14. The highest BCUT2D eigenvalue weighted by Gasteiger charge is 2.21. The maximum atomic E-state index is 12.8. The first-order valence-electron chi connectivity index (χ1n) is 11.2. The van der Waals surface area contributed by atoms with Crippen LogP contribution in [0.15, 0.2) is 24.7 Å². The summed E-state index contributed by atoms with van der Waals surface area (Å²) in [6, 6.07) is 1.87. The molecule has 0 amide bonds. The van der Waals surface area contributed by atoms with Gasteiger partial charge in [0.25, 0.3) is 0 Å². The topological polar surface area (TPSA) is 89.0 Å². The summed E-state index contributed by atoms with van der Waals surface area (Å²) in [5.74, 6) is 1.59. The van der Waals surface area contributed by atoms with E-state index in [9.17, 15) is 4.79 Å². The number of carbonyl (C=O) groups excluding carboxylic acids is 1. The Balaban J connectivity index is 1.44. The average molecular weight is 444 g/mol. The molecule has 0 radical (unpaired) electrons. The minimum Gasteiger partial charge on any atom is -0.381 e. The molecule has 0 spiro atoms. The van der Waals surface area contributed by atoms with Crippen molar-refractivity contribution in [1.29, 1.82) is 0 Å². The van der Waals surface area contributed by atoms with Crippen LogP contribution in [-0.2, 0) is 16.0 Å². The summed E-state index contributed by atoms with van der Waals surface area (Å²) in [6.07, 6.45) is 10.6. The number of Topliss-reactive ketones (excluding diaryl/α,β-unsaturated/α-hetero) is 1. The SMILES string of the molecule is O=C(Cc1cc(-c2cncc(NCC3CCOCC3)n2)c(Cl)cn1)C1CCCCNC1. The van der Waals surface area contributed by atoms with Crippen LogP contribution in [0.4, 0.5) is 5.82 Å². The molecule has 1 atom stereocenters. The zero-order chi connectivity index (χ0) is 21.5. The third-order valence-electron chi connectivity index (χ3n) is 6.09. The van der Waals surface area contributed by atoms with Crippen LogP contribution < -0.4 is 10.6 Å². The van der Waals surface area contributed by atoms with Gasteiger partial charge in [-0.1, -0.05) is 18.0 Å². The Kier molecular flexibility index (Phi) is 7.83. The fourth-order valence-electron chi connectivity index (χ4n) is 4.17. The summed E-state index contributed by atoms with van der Waals surface area (Å²) >= 11 is 6.43. The van der Waals surface area contributed by atoms with Crippen molar-refractivity contribution in [2.75, 3.05) is 38.2 Å². The summed E-state index contributed by atoms with van der Waals surface area (Å²) in [4.78, 5) is 26.2. The average Bonchev–Trinajstić information content (AvgIpc) is 3.10. The molecule has 2 fully saturated rings. The maximum absolute atomic E-state index is 12.8. The van der Waals surface area contributed by atoms with Crippen molar-refractivity contribution >= 4 is 23.2 Å². The van der Waals surface area contributed by atoms with Crippen molar-refractivity contribution in [1.82, 2.24) is 20.3 Å². The van der Waals surface area contributed by atoms with Gasteiger partial charge in [0.1, 0.15) is 11.6 Å². The quantitative estimate of drug-likeness (QED) is 0.676. The first kappa shape index (κ1) is 22.1. The van der Waals surface area contributed by atoms with Gasteiger partial charge in [-0.25, -0.2) is 4.98 Å². The Labute approximate surface area is 188 Å². The van der Waals surface area contributed by atoms with Gasteiger partial charge < -0.3 is 15.4 Å². The first-order chi connectivity index (χ1) is 15.2. The molecular formula is C23H30ClN5O2. The van der Waals surface area contributed by atoms with Gasteiger partial charge in [0.15, 0.2) is 0 Å². The number of pyridine rings is 1. The third-order valence-corrected chi connectivity index (χ3v) is 6.39. The number of aromatic nitrogens is 3. The van der Waals surface area contributed by atoms with E-state index in [1.807, 2.05) is 6.07 Å². The number of ether oxygens (including phenoxy) is 1. The summed E-state index contributed by atoms with van der Waals surface area (Å²) in [6.45, 7) is 4.24. The largest absolute Gasteiger partial charge is 0.381 e. The van der Waals surface area contributed by atoms with Crippen molar-refractivity contribution in [3.05, 3.63) is 35.4 Å². The van der Waals surface area contributed by atoms with E-state index in [1.165, 1.54) is 0 Å². The predicted octanol–water partition coefficient (Wildman–Crippen LogP) is 3.53. The molecule has 0 aliphatic carbocycles. The van der Waals surface area contributed by atoms with Gasteiger partial charge >= 0.3 is 0 Å². The molecule has 31 heavy (non-hydrogen) atoms. The van der Waals surface area contributed by atoms with Crippen LogP contribution in [0.2, 0.25) is 5.02 Å². The molecule has 2 N–H and O–H groups in total. The zero-order valence-corrected chi connectivity index (χ0v) is 18.5. The van der Waals surface area contributed by atoms with E-state index in [2.05, 4.69) is 20.6 Å². The molecule has 166 valence electrons. The molecule has 4 rings (SSSR count). The molecule has 2 aromatic rings. The second-order valence-corrected chi connectivity index (χ2v) is 8.83. The van der Waals surface area contributed by atoms with Crippen molar-refractivity contribution in [3.8, 4) is 11.3 Å². The summed E-state index contributed by atoms with van der Waals surface area (Å²) < 4.78 is 5.42. The number of halogens is 1. The van der Waals surface area contributed by atoms with Gasteiger partial charge in [0.05, 0.1) is 23.1 Å². The fraction of sp³-hybridized carbons (Fsp3) is 0.565. The molecule has 2 saturated heterocycles. The first-order valence-corrected chi connectivity index (χ1v) is 11.6. The number of nitrogens with one attached hydrogen (secondary N) is 2. The number of carbonyl (C=O) groups is 1. The van der Waals surface area contributed by atoms with Crippen molar-refractivity contribution in [2.45, 2.75) is 38.5 Å². The van der Waals surface area contributed by atoms with Gasteiger partial charge in [-0.05, 0) is 44.2 Å². The van der Waals surface area contributed by atoms with E-state index in [-0.39, 0.29) is 11.7 Å². The highest BCUT2D eigenvalue weighted by Crippen LogP contribution is 2.27.